The third-order valence-electron chi connectivity index (χ3n) is 9.16. The number of benzene rings is 6. The summed E-state index contributed by atoms with van der Waals surface area (Å²) in [6.45, 7) is 0. The van der Waals surface area contributed by atoms with Crippen LogP contribution in [0.2, 0.25) is 0 Å². The van der Waals surface area contributed by atoms with Crippen LogP contribution in [0.3, 0.4) is 0 Å². The first kappa shape index (κ1) is 25.9. The summed E-state index contributed by atoms with van der Waals surface area (Å²) in [6.07, 6.45) is 0. The third-order valence-corrected chi connectivity index (χ3v) is 11.7. The van der Waals surface area contributed by atoms with Crippen molar-refractivity contribution in [1.29, 1.82) is 0 Å². The Bertz CT molecular complexity index is 2510. The largest absolute Gasteiger partial charge is 0.355 e. The molecule has 0 atom stereocenters. The van der Waals surface area contributed by atoms with Crippen LogP contribution in [0, 0.1) is 0 Å². The van der Waals surface area contributed by atoms with E-state index in [0.29, 0.717) is 0 Å². The van der Waals surface area contributed by atoms with E-state index in [1.54, 1.807) is 0 Å². The number of fused-ring (bicyclic) bond motifs is 7. The molecule has 46 heavy (non-hydrogen) atoms. The van der Waals surface area contributed by atoms with Crippen molar-refractivity contribution in [1.82, 2.24) is 9.97 Å². The smallest absolute Gasteiger partial charge is 0.0542 e. The highest BCUT2D eigenvalue weighted by Gasteiger charge is 2.15. The van der Waals surface area contributed by atoms with Gasteiger partial charge in [0.05, 0.1) is 9.40 Å². The van der Waals surface area contributed by atoms with Crippen molar-refractivity contribution in [3.05, 3.63) is 146 Å². The second-order valence-corrected chi connectivity index (χ2v) is 14.1. The van der Waals surface area contributed by atoms with Crippen molar-refractivity contribution in [3.63, 3.8) is 0 Å². The van der Waals surface area contributed by atoms with Gasteiger partial charge in [-0.2, -0.15) is 0 Å². The van der Waals surface area contributed by atoms with E-state index < -0.39 is 0 Å². The monoisotopic (exact) mass is 622 g/mol. The molecule has 0 aliphatic carbocycles. The number of nitrogens with one attached hydrogen (secondary N) is 2. The van der Waals surface area contributed by atoms with Gasteiger partial charge >= 0.3 is 0 Å². The molecule has 0 saturated carbocycles. The van der Waals surface area contributed by atoms with Crippen molar-refractivity contribution < 1.29 is 0 Å². The van der Waals surface area contributed by atoms with E-state index in [1.807, 2.05) is 22.7 Å². The maximum Gasteiger partial charge on any atom is 0.0542 e. The number of H-pyrrole nitrogens is 2. The third kappa shape index (κ3) is 4.15. The van der Waals surface area contributed by atoms with E-state index in [-0.39, 0.29) is 0 Å². The molecule has 2 N–H and O–H groups in total. The Hall–Kier alpha value is -5.42. The van der Waals surface area contributed by atoms with E-state index >= 15 is 0 Å². The van der Waals surface area contributed by atoms with Crippen LogP contribution in [-0.4, -0.2) is 9.97 Å². The number of para-hydroxylation sites is 2. The summed E-state index contributed by atoms with van der Waals surface area (Å²) in [5.41, 5.74) is 12.0. The number of thiophene rings is 2. The van der Waals surface area contributed by atoms with E-state index in [1.165, 1.54) is 84.8 Å². The highest BCUT2D eigenvalue weighted by atomic mass is 32.1. The van der Waals surface area contributed by atoms with Gasteiger partial charge in [0.15, 0.2) is 0 Å². The zero-order chi connectivity index (χ0) is 30.2. The molecule has 4 heterocycles. The Labute approximate surface area is 273 Å². The van der Waals surface area contributed by atoms with Crippen LogP contribution in [0.4, 0.5) is 0 Å². The van der Waals surface area contributed by atoms with Gasteiger partial charge in [0.2, 0.25) is 0 Å². The minimum atomic E-state index is 1.15. The van der Waals surface area contributed by atoms with Crippen molar-refractivity contribution in [2.75, 3.05) is 0 Å². The van der Waals surface area contributed by atoms with Crippen LogP contribution in [0.15, 0.2) is 146 Å². The zero-order valence-corrected chi connectivity index (χ0v) is 26.3. The predicted molar refractivity (Wildman–Crippen MR) is 200 cm³/mol. The first-order valence-electron chi connectivity index (χ1n) is 15.5. The van der Waals surface area contributed by atoms with Gasteiger partial charge in [-0.25, -0.2) is 0 Å². The lowest BCUT2D eigenvalue weighted by atomic mass is 10.0. The van der Waals surface area contributed by atoms with Crippen molar-refractivity contribution >= 4 is 74.1 Å². The normalized spacial score (nSPS) is 11.9. The van der Waals surface area contributed by atoms with Gasteiger partial charge in [-0.05, 0) is 81.9 Å². The van der Waals surface area contributed by atoms with Gasteiger partial charge in [0.25, 0.3) is 0 Å². The minimum Gasteiger partial charge on any atom is -0.355 e. The second-order valence-electron chi connectivity index (χ2n) is 12.0. The Morgan fingerprint density at radius 1 is 0.348 bits per heavy atom. The van der Waals surface area contributed by atoms with E-state index in [9.17, 15) is 0 Å². The summed E-state index contributed by atoms with van der Waals surface area (Å²) in [4.78, 5) is 7.17. The average Bonchev–Trinajstić information content (AvgIpc) is 3.89. The summed E-state index contributed by atoms with van der Waals surface area (Å²) in [5.74, 6) is 0. The molecule has 4 aromatic heterocycles. The highest BCUT2D eigenvalue weighted by Crippen LogP contribution is 2.46. The quantitative estimate of drug-likeness (QED) is 0.196. The van der Waals surface area contributed by atoms with Crippen LogP contribution < -0.4 is 0 Å². The van der Waals surface area contributed by atoms with E-state index in [0.717, 1.165) is 11.4 Å². The van der Waals surface area contributed by atoms with Crippen LogP contribution in [0.1, 0.15) is 0 Å². The molecular weight excluding hydrogens is 597 g/mol. The van der Waals surface area contributed by atoms with E-state index in [4.69, 9.17) is 0 Å². The summed E-state index contributed by atoms with van der Waals surface area (Å²) in [6, 6.07) is 53.0. The van der Waals surface area contributed by atoms with Crippen LogP contribution >= 0.6 is 22.7 Å². The van der Waals surface area contributed by atoms with Gasteiger partial charge in [0, 0.05) is 53.4 Å². The molecule has 0 unspecified atom stereocenters. The molecule has 0 fully saturated rings. The lowest BCUT2D eigenvalue weighted by Gasteiger charge is -2.06. The average molecular weight is 623 g/mol. The Kier molecular flexibility index (Phi) is 5.65. The van der Waals surface area contributed by atoms with Gasteiger partial charge in [-0.15, -0.1) is 22.7 Å². The first-order valence-corrected chi connectivity index (χ1v) is 17.1. The zero-order valence-electron chi connectivity index (χ0n) is 24.7. The maximum absolute atomic E-state index is 3.58. The lowest BCUT2D eigenvalue weighted by Crippen LogP contribution is -1.81. The molecular formula is C42H26N2S2. The molecule has 6 aromatic carbocycles. The molecule has 0 saturated heterocycles. The van der Waals surface area contributed by atoms with Crippen molar-refractivity contribution in [2.24, 2.45) is 0 Å². The van der Waals surface area contributed by atoms with Gasteiger partial charge in [0.1, 0.15) is 0 Å². The Balaban J connectivity index is 1.00. The molecule has 10 rings (SSSR count). The Morgan fingerprint density at radius 3 is 1.26 bits per heavy atom. The minimum absolute atomic E-state index is 1.15. The first-order chi connectivity index (χ1) is 22.7. The van der Waals surface area contributed by atoms with Crippen molar-refractivity contribution in [2.45, 2.75) is 0 Å². The summed E-state index contributed by atoms with van der Waals surface area (Å²) < 4.78 is 5.45. The second kappa shape index (κ2) is 10.0. The lowest BCUT2D eigenvalue weighted by molar-refractivity contribution is 1.45. The number of aromatic nitrogens is 2. The van der Waals surface area contributed by atoms with Crippen LogP contribution in [0.25, 0.3) is 96.1 Å². The molecule has 0 radical (unpaired) electrons. The molecule has 0 bridgehead atoms. The summed E-state index contributed by atoms with van der Waals surface area (Å²) >= 11 is 3.83. The molecule has 0 spiro atoms. The number of hydrogen-bond acceptors (Lipinski definition) is 2. The fourth-order valence-corrected chi connectivity index (χ4v) is 9.54. The topological polar surface area (TPSA) is 31.6 Å². The van der Waals surface area contributed by atoms with Gasteiger partial charge in [-0.3, -0.25) is 0 Å². The number of hydrogen-bond donors (Lipinski definition) is 2. The Morgan fingerprint density at radius 2 is 0.783 bits per heavy atom. The standard InChI is InChI=1S/C42H26N2S2/c1-3-13-35-31(7-1)21-37(43-35)29-11-5-9-25(19-29)27-15-17-33-39(23-27)45-42-34-18-16-28(24-40(34)46-41(33)42)26-10-6-12-30(20-26)38-22-32-8-2-4-14-36(32)44-38/h1-24,43-44H. The van der Waals surface area contributed by atoms with Gasteiger partial charge < -0.3 is 9.97 Å². The summed E-state index contributed by atoms with van der Waals surface area (Å²) in [5, 5.41) is 5.17. The fraction of sp³-hybridized carbons (Fsp3) is 0. The number of rotatable bonds is 4. The molecule has 4 heteroatoms. The predicted octanol–water partition coefficient (Wildman–Crippen LogP) is 12.9. The molecule has 0 aliphatic heterocycles. The molecule has 0 aliphatic rings. The SMILES string of the molecule is c1cc(-c2ccc3c(c2)sc2c4ccc(-c5cccc(-c6cc7ccccc7[nH]6)c5)cc4sc32)cc(-c2cc3ccccc3[nH]2)c1. The summed E-state index contributed by atoms with van der Waals surface area (Å²) in [7, 11) is 0. The van der Waals surface area contributed by atoms with Crippen molar-refractivity contribution in [3.8, 4) is 44.8 Å². The molecule has 216 valence electrons. The fourth-order valence-electron chi connectivity index (χ4n) is 6.81. The molecule has 2 nitrogen and oxygen atoms in total. The maximum atomic E-state index is 3.58. The van der Waals surface area contributed by atoms with Gasteiger partial charge in [-0.1, -0.05) is 97.1 Å². The highest BCUT2D eigenvalue weighted by molar-refractivity contribution is 7.36. The molecule has 0 amide bonds. The number of aromatic amines is 2. The van der Waals surface area contributed by atoms with E-state index in [2.05, 4.69) is 156 Å². The van der Waals surface area contributed by atoms with Crippen LogP contribution in [0.5, 0.6) is 0 Å². The van der Waals surface area contributed by atoms with Crippen LogP contribution in [-0.2, 0) is 0 Å². The molecule has 10 aromatic rings.